The highest BCUT2D eigenvalue weighted by Crippen LogP contribution is 2.26. The largest absolute Gasteiger partial charge is 0.478 e. The summed E-state index contributed by atoms with van der Waals surface area (Å²) >= 11 is 0. The Hall–Kier alpha value is -1.66. The Morgan fingerprint density at radius 1 is 1.38 bits per heavy atom. The molecule has 2 aliphatic rings. The molecule has 6 heteroatoms. The van der Waals surface area contributed by atoms with Gasteiger partial charge in [0.05, 0.1) is 13.2 Å². The number of aromatic carboxylic acids is 1. The third-order valence-electron chi connectivity index (χ3n) is 4.38. The van der Waals surface area contributed by atoms with Crippen molar-refractivity contribution in [3.05, 3.63) is 23.4 Å². The minimum absolute atomic E-state index is 0.333. The van der Waals surface area contributed by atoms with Gasteiger partial charge in [-0.15, -0.1) is 0 Å². The second kappa shape index (κ2) is 5.99. The Morgan fingerprint density at radius 3 is 2.86 bits per heavy atom. The lowest BCUT2D eigenvalue weighted by Crippen LogP contribution is -2.44. The number of nitrogens with zero attached hydrogens (tertiary/aromatic N) is 3. The van der Waals surface area contributed by atoms with Crippen LogP contribution in [0.2, 0.25) is 0 Å². The quantitative estimate of drug-likeness (QED) is 0.896. The smallest absolute Gasteiger partial charge is 0.339 e. The SMILES string of the molecule is Cc1ccnc(N2CCC(N3CCOCC3)C2)c1C(=O)O. The fraction of sp³-hybridized carbons (Fsp3) is 0.600. The topological polar surface area (TPSA) is 65.9 Å². The van der Waals surface area contributed by atoms with Crippen molar-refractivity contribution in [3.63, 3.8) is 0 Å². The minimum atomic E-state index is -0.898. The first-order valence-electron chi connectivity index (χ1n) is 7.42. The summed E-state index contributed by atoms with van der Waals surface area (Å²) < 4.78 is 5.39. The van der Waals surface area contributed by atoms with Gasteiger partial charge in [0.1, 0.15) is 11.4 Å². The van der Waals surface area contributed by atoms with Crippen LogP contribution in [-0.4, -0.2) is 66.4 Å². The summed E-state index contributed by atoms with van der Waals surface area (Å²) in [6.45, 7) is 7.04. The van der Waals surface area contributed by atoms with Gasteiger partial charge in [-0.3, -0.25) is 4.90 Å². The Kier molecular flexibility index (Phi) is 4.07. The van der Waals surface area contributed by atoms with Crippen LogP contribution in [0.1, 0.15) is 22.3 Å². The summed E-state index contributed by atoms with van der Waals surface area (Å²) in [5, 5.41) is 9.43. The molecule has 0 bridgehead atoms. The third-order valence-corrected chi connectivity index (χ3v) is 4.38. The number of hydrogen-bond donors (Lipinski definition) is 1. The average molecular weight is 291 g/mol. The number of pyridine rings is 1. The van der Waals surface area contributed by atoms with Gasteiger partial charge in [-0.2, -0.15) is 0 Å². The molecule has 2 saturated heterocycles. The first kappa shape index (κ1) is 14.3. The average Bonchev–Trinajstić information content (AvgIpc) is 2.97. The summed E-state index contributed by atoms with van der Waals surface area (Å²) in [6, 6.07) is 2.22. The molecule has 1 aromatic rings. The predicted molar refractivity (Wildman–Crippen MR) is 78.9 cm³/mol. The Bertz CT molecular complexity index is 529. The van der Waals surface area contributed by atoms with E-state index in [1.54, 1.807) is 12.3 Å². The molecule has 0 spiro atoms. The first-order chi connectivity index (χ1) is 10.2. The van der Waals surface area contributed by atoms with Crippen molar-refractivity contribution in [1.29, 1.82) is 0 Å². The third kappa shape index (κ3) is 2.87. The second-order valence-electron chi connectivity index (χ2n) is 5.67. The second-order valence-corrected chi connectivity index (χ2v) is 5.67. The number of morpholine rings is 1. The molecule has 0 aromatic carbocycles. The Labute approximate surface area is 124 Å². The number of carbonyl (C=O) groups is 1. The maximum Gasteiger partial charge on any atom is 0.339 e. The summed E-state index contributed by atoms with van der Waals surface area (Å²) in [4.78, 5) is 20.4. The molecule has 114 valence electrons. The minimum Gasteiger partial charge on any atom is -0.478 e. The van der Waals surface area contributed by atoms with Crippen LogP contribution >= 0.6 is 0 Å². The monoisotopic (exact) mass is 291 g/mol. The van der Waals surface area contributed by atoms with E-state index in [2.05, 4.69) is 14.8 Å². The van der Waals surface area contributed by atoms with Crippen LogP contribution in [0.3, 0.4) is 0 Å². The molecular weight excluding hydrogens is 270 g/mol. The number of anilines is 1. The van der Waals surface area contributed by atoms with Crippen LogP contribution in [0.5, 0.6) is 0 Å². The molecule has 2 fully saturated rings. The normalized spacial score (nSPS) is 23.5. The highest BCUT2D eigenvalue weighted by molar-refractivity contribution is 5.95. The number of rotatable bonds is 3. The van der Waals surface area contributed by atoms with Crippen LogP contribution in [0.25, 0.3) is 0 Å². The molecule has 0 radical (unpaired) electrons. The van der Waals surface area contributed by atoms with Crippen molar-refractivity contribution in [3.8, 4) is 0 Å². The van der Waals surface area contributed by atoms with Crippen LogP contribution in [0, 0.1) is 6.92 Å². The van der Waals surface area contributed by atoms with Gasteiger partial charge >= 0.3 is 5.97 Å². The van der Waals surface area contributed by atoms with Gasteiger partial charge in [0, 0.05) is 38.4 Å². The number of carboxylic acid groups (broad SMARTS) is 1. The van der Waals surface area contributed by atoms with Crippen molar-refractivity contribution in [2.45, 2.75) is 19.4 Å². The molecule has 0 aliphatic carbocycles. The molecule has 6 nitrogen and oxygen atoms in total. The van der Waals surface area contributed by atoms with E-state index in [0.29, 0.717) is 17.4 Å². The zero-order chi connectivity index (χ0) is 14.8. The molecule has 21 heavy (non-hydrogen) atoms. The van der Waals surface area contributed by atoms with E-state index < -0.39 is 5.97 Å². The van der Waals surface area contributed by atoms with E-state index in [-0.39, 0.29) is 0 Å². The molecule has 0 amide bonds. The Balaban J connectivity index is 1.77. The van der Waals surface area contributed by atoms with Crippen LogP contribution in [0.4, 0.5) is 5.82 Å². The molecular formula is C15H21N3O3. The lowest BCUT2D eigenvalue weighted by Gasteiger charge is -2.32. The van der Waals surface area contributed by atoms with Gasteiger partial charge in [-0.25, -0.2) is 9.78 Å². The van der Waals surface area contributed by atoms with E-state index in [1.807, 2.05) is 6.92 Å². The number of aromatic nitrogens is 1. The van der Waals surface area contributed by atoms with Gasteiger partial charge in [0.15, 0.2) is 0 Å². The maximum atomic E-state index is 11.5. The van der Waals surface area contributed by atoms with Crippen molar-refractivity contribution in [2.75, 3.05) is 44.3 Å². The summed E-state index contributed by atoms with van der Waals surface area (Å²) in [5.74, 6) is -0.288. The van der Waals surface area contributed by atoms with Crippen LogP contribution in [0.15, 0.2) is 12.3 Å². The number of carboxylic acids is 1. The first-order valence-corrected chi connectivity index (χ1v) is 7.42. The maximum absolute atomic E-state index is 11.5. The van der Waals surface area contributed by atoms with E-state index >= 15 is 0 Å². The molecule has 2 aliphatic heterocycles. The molecule has 1 aromatic heterocycles. The van der Waals surface area contributed by atoms with Gasteiger partial charge in [-0.1, -0.05) is 0 Å². The van der Waals surface area contributed by atoms with E-state index in [4.69, 9.17) is 4.74 Å². The van der Waals surface area contributed by atoms with E-state index in [1.165, 1.54) is 0 Å². The van der Waals surface area contributed by atoms with Gasteiger partial charge < -0.3 is 14.7 Å². The lowest BCUT2D eigenvalue weighted by molar-refractivity contribution is 0.0209. The predicted octanol–water partition coefficient (Wildman–Crippen LogP) is 0.999. The highest BCUT2D eigenvalue weighted by Gasteiger charge is 2.31. The van der Waals surface area contributed by atoms with Crippen molar-refractivity contribution in [2.24, 2.45) is 0 Å². The van der Waals surface area contributed by atoms with Crippen molar-refractivity contribution >= 4 is 11.8 Å². The molecule has 1 atom stereocenters. The molecule has 1 N–H and O–H groups in total. The summed E-state index contributed by atoms with van der Waals surface area (Å²) in [6.07, 6.45) is 2.74. The fourth-order valence-electron chi connectivity index (χ4n) is 3.22. The molecule has 3 rings (SSSR count). The summed E-state index contributed by atoms with van der Waals surface area (Å²) in [5.41, 5.74) is 1.10. The standard InChI is InChI=1S/C15H21N3O3/c1-11-2-4-16-14(13(11)15(19)20)18-5-3-12(10-18)17-6-8-21-9-7-17/h2,4,12H,3,5-10H2,1H3,(H,19,20). The zero-order valence-electron chi connectivity index (χ0n) is 12.3. The lowest BCUT2D eigenvalue weighted by atomic mass is 10.1. The van der Waals surface area contributed by atoms with Crippen LogP contribution < -0.4 is 4.90 Å². The Morgan fingerprint density at radius 2 is 2.14 bits per heavy atom. The molecule has 1 unspecified atom stereocenters. The number of hydrogen-bond acceptors (Lipinski definition) is 5. The number of ether oxygens (including phenoxy) is 1. The van der Waals surface area contributed by atoms with Gasteiger partial charge in [0.2, 0.25) is 0 Å². The van der Waals surface area contributed by atoms with Crippen molar-refractivity contribution in [1.82, 2.24) is 9.88 Å². The number of aryl methyl sites for hydroxylation is 1. The fourth-order valence-corrected chi connectivity index (χ4v) is 3.22. The highest BCUT2D eigenvalue weighted by atomic mass is 16.5. The van der Waals surface area contributed by atoms with Crippen LogP contribution in [-0.2, 0) is 4.74 Å². The molecule has 3 heterocycles. The van der Waals surface area contributed by atoms with E-state index in [0.717, 1.165) is 51.4 Å². The zero-order valence-corrected chi connectivity index (χ0v) is 12.3. The molecule has 0 saturated carbocycles. The van der Waals surface area contributed by atoms with Gasteiger partial charge in [0.25, 0.3) is 0 Å². The van der Waals surface area contributed by atoms with Crippen molar-refractivity contribution < 1.29 is 14.6 Å². The van der Waals surface area contributed by atoms with E-state index in [9.17, 15) is 9.90 Å². The summed E-state index contributed by atoms with van der Waals surface area (Å²) in [7, 11) is 0. The van der Waals surface area contributed by atoms with Gasteiger partial charge in [-0.05, 0) is 25.0 Å².